The molecule has 0 amide bonds. The Bertz CT molecular complexity index is 412. The zero-order valence-corrected chi connectivity index (χ0v) is 17.4. The highest BCUT2D eigenvalue weighted by Gasteiger charge is 2.33. The van der Waals surface area contributed by atoms with E-state index in [0.717, 1.165) is 35.6 Å². The molecule has 4 heteroatoms. The number of halogens is 1. The van der Waals surface area contributed by atoms with Crippen LogP contribution in [0.1, 0.15) is 64.6 Å². The third-order valence-electron chi connectivity index (χ3n) is 2.96. The van der Waals surface area contributed by atoms with Gasteiger partial charge >= 0.3 is 0 Å². The minimum Gasteiger partial charge on any atom is -0.489 e. The normalized spacial score (nSPS) is 12.6. The Labute approximate surface area is 147 Å². The van der Waals surface area contributed by atoms with Crippen LogP contribution in [0.2, 0.25) is 0 Å². The van der Waals surface area contributed by atoms with Crippen LogP contribution in [0, 0.1) is 0 Å². The molecular weight excluding hydrogens is 395 g/mol. The second kappa shape index (κ2) is 7.53. The van der Waals surface area contributed by atoms with Gasteiger partial charge in [0.15, 0.2) is 11.5 Å². The molecule has 0 saturated heterocycles. The van der Waals surface area contributed by atoms with E-state index in [1.165, 1.54) is 9.75 Å². The van der Waals surface area contributed by atoms with Gasteiger partial charge in [-0.25, -0.2) is 0 Å². The van der Waals surface area contributed by atoms with Crippen molar-refractivity contribution < 1.29 is 9.47 Å². The molecule has 0 aliphatic carbocycles. The molecule has 1 heterocycles. The minimum absolute atomic E-state index is 0.0685. The van der Waals surface area contributed by atoms with Gasteiger partial charge in [-0.15, -0.1) is 11.3 Å². The maximum absolute atomic E-state index is 6.10. The van der Waals surface area contributed by atoms with E-state index in [9.17, 15) is 0 Å². The molecule has 1 aromatic heterocycles. The minimum atomic E-state index is 0.0685. The highest BCUT2D eigenvalue weighted by molar-refractivity contribution is 14.1. The summed E-state index contributed by atoms with van der Waals surface area (Å²) < 4.78 is 13.2. The molecule has 2 nitrogen and oxygen atoms in total. The van der Waals surface area contributed by atoms with Crippen molar-refractivity contribution in [2.24, 2.45) is 0 Å². The summed E-state index contributed by atoms with van der Waals surface area (Å²) in [7, 11) is 0. The molecule has 0 aromatic carbocycles. The van der Waals surface area contributed by atoms with Crippen molar-refractivity contribution in [1.29, 1.82) is 0 Å². The van der Waals surface area contributed by atoms with Crippen molar-refractivity contribution in [2.45, 2.75) is 65.7 Å². The van der Waals surface area contributed by atoms with Crippen LogP contribution >= 0.6 is 33.9 Å². The first-order valence-electron chi connectivity index (χ1n) is 7.62. The first-order valence-corrected chi connectivity index (χ1v) is 9.96. The predicted octanol–water partition coefficient (Wildman–Crippen LogP) is 5.95. The number of hydrogen-bond acceptors (Lipinski definition) is 3. The van der Waals surface area contributed by atoms with Gasteiger partial charge in [0.25, 0.3) is 0 Å². The number of alkyl halides is 1. The van der Waals surface area contributed by atoms with Crippen LogP contribution < -0.4 is 9.47 Å². The zero-order valence-electron chi connectivity index (χ0n) is 14.4. The fourth-order valence-corrected chi connectivity index (χ4v) is 3.52. The van der Waals surface area contributed by atoms with Crippen LogP contribution in [-0.2, 0) is 10.8 Å². The van der Waals surface area contributed by atoms with Gasteiger partial charge in [-0.2, -0.15) is 0 Å². The van der Waals surface area contributed by atoms with E-state index in [-0.39, 0.29) is 10.8 Å². The Balaban J connectivity index is 3.40. The average molecular weight is 424 g/mol. The molecule has 0 atom stereocenters. The Morgan fingerprint density at radius 2 is 1.29 bits per heavy atom. The third kappa shape index (κ3) is 5.02. The van der Waals surface area contributed by atoms with Crippen LogP contribution in [-0.4, -0.2) is 17.6 Å². The lowest BCUT2D eigenvalue weighted by molar-refractivity contribution is 0.272. The molecule has 0 radical (unpaired) electrons. The first kappa shape index (κ1) is 19.1. The van der Waals surface area contributed by atoms with Gasteiger partial charge in [0.1, 0.15) is 0 Å². The summed E-state index contributed by atoms with van der Waals surface area (Å²) in [5, 5.41) is 0. The summed E-state index contributed by atoms with van der Waals surface area (Å²) in [4.78, 5) is 2.59. The second-order valence-corrected chi connectivity index (χ2v) is 9.40. The summed E-state index contributed by atoms with van der Waals surface area (Å²) >= 11 is 4.20. The van der Waals surface area contributed by atoms with Gasteiger partial charge in [0.05, 0.1) is 23.0 Å². The van der Waals surface area contributed by atoms with Gasteiger partial charge < -0.3 is 9.47 Å². The topological polar surface area (TPSA) is 18.5 Å². The van der Waals surface area contributed by atoms with E-state index in [4.69, 9.17) is 9.47 Å². The van der Waals surface area contributed by atoms with Crippen LogP contribution in [0.25, 0.3) is 0 Å². The summed E-state index contributed by atoms with van der Waals surface area (Å²) in [6.45, 7) is 17.1. The van der Waals surface area contributed by atoms with E-state index < -0.39 is 0 Å². The molecule has 1 aromatic rings. The molecule has 0 saturated carbocycles. The van der Waals surface area contributed by atoms with Gasteiger partial charge in [-0.05, 0) is 6.42 Å². The summed E-state index contributed by atoms with van der Waals surface area (Å²) in [6, 6.07) is 0. The van der Waals surface area contributed by atoms with Gasteiger partial charge in [0.2, 0.25) is 0 Å². The number of thiophene rings is 1. The Kier molecular flexibility index (Phi) is 6.84. The van der Waals surface area contributed by atoms with Crippen molar-refractivity contribution in [3.8, 4) is 11.5 Å². The van der Waals surface area contributed by atoms with E-state index in [1.54, 1.807) is 0 Å². The highest BCUT2D eigenvalue weighted by Crippen LogP contribution is 2.51. The van der Waals surface area contributed by atoms with Crippen LogP contribution in [0.4, 0.5) is 0 Å². The number of hydrogen-bond donors (Lipinski definition) is 0. The largest absolute Gasteiger partial charge is 0.489 e. The molecule has 0 bridgehead atoms. The molecular formula is C17H29IO2S. The van der Waals surface area contributed by atoms with E-state index >= 15 is 0 Å². The fourth-order valence-electron chi connectivity index (χ4n) is 2.00. The van der Waals surface area contributed by atoms with Gasteiger partial charge in [-0.1, -0.05) is 71.1 Å². The maximum atomic E-state index is 6.10. The molecule has 1 rings (SSSR count). The van der Waals surface area contributed by atoms with Gasteiger partial charge in [-0.3, -0.25) is 0 Å². The molecule has 0 spiro atoms. The van der Waals surface area contributed by atoms with Crippen LogP contribution in [0.15, 0.2) is 0 Å². The third-order valence-corrected chi connectivity index (χ3v) is 5.40. The van der Waals surface area contributed by atoms with Crippen molar-refractivity contribution in [1.82, 2.24) is 0 Å². The molecule has 21 heavy (non-hydrogen) atoms. The molecule has 0 aliphatic heterocycles. The van der Waals surface area contributed by atoms with E-state index in [2.05, 4.69) is 71.1 Å². The quantitative estimate of drug-likeness (QED) is 0.415. The smallest absolute Gasteiger partial charge is 0.175 e. The predicted molar refractivity (Wildman–Crippen MR) is 102 cm³/mol. The first-order chi connectivity index (χ1) is 9.62. The lowest BCUT2D eigenvalue weighted by atomic mass is 9.91. The summed E-state index contributed by atoms with van der Waals surface area (Å²) in [6.07, 6.45) is 1.01. The molecule has 0 N–H and O–H groups in total. The number of rotatable bonds is 6. The Morgan fingerprint density at radius 1 is 0.857 bits per heavy atom. The second-order valence-electron chi connectivity index (χ2n) is 7.30. The van der Waals surface area contributed by atoms with Crippen LogP contribution in [0.3, 0.4) is 0 Å². The molecule has 122 valence electrons. The molecule has 0 fully saturated rings. The lowest BCUT2D eigenvalue weighted by Gasteiger charge is -2.20. The van der Waals surface area contributed by atoms with Crippen molar-refractivity contribution >= 4 is 33.9 Å². The maximum Gasteiger partial charge on any atom is 0.175 e. The van der Waals surface area contributed by atoms with Crippen molar-refractivity contribution in [3.05, 3.63) is 9.75 Å². The fraction of sp³-hybridized carbons (Fsp3) is 0.765. The number of ether oxygens (including phenoxy) is 2. The van der Waals surface area contributed by atoms with Gasteiger partial charge in [0, 0.05) is 15.3 Å². The van der Waals surface area contributed by atoms with Crippen LogP contribution in [0.5, 0.6) is 11.5 Å². The monoisotopic (exact) mass is 424 g/mol. The molecule has 0 aliphatic rings. The van der Waals surface area contributed by atoms with Crippen molar-refractivity contribution in [3.63, 3.8) is 0 Å². The lowest BCUT2D eigenvalue weighted by Crippen LogP contribution is -2.12. The van der Waals surface area contributed by atoms with E-state index in [1.807, 2.05) is 11.3 Å². The highest BCUT2D eigenvalue weighted by atomic mass is 127. The van der Waals surface area contributed by atoms with E-state index in [0.29, 0.717) is 0 Å². The SMILES string of the molecule is CCCOc1c(C(C)(C)C)sc(C(C)(C)C)c1OCCI. The average Bonchev–Trinajstić information content (AvgIpc) is 2.72. The molecule has 0 unspecified atom stereocenters. The Hall–Kier alpha value is 0.0300. The Morgan fingerprint density at radius 3 is 1.62 bits per heavy atom. The van der Waals surface area contributed by atoms with Crippen molar-refractivity contribution in [2.75, 3.05) is 17.6 Å². The zero-order chi connectivity index (χ0) is 16.3. The standard InChI is InChI=1S/C17H29IO2S/c1-8-10-19-12-13(20-11-9-18)15(17(5,6)7)21-14(12)16(2,3)4/h8-11H2,1-7H3. The summed E-state index contributed by atoms with van der Waals surface area (Å²) in [5.41, 5.74) is 0.138. The summed E-state index contributed by atoms with van der Waals surface area (Å²) in [5.74, 6) is 1.95.